The predicted molar refractivity (Wildman–Crippen MR) is 61.8 cm³/mol. The third-order valence-electron chi connectivity index (χ3n) is 3.09. The lowest BCUT2D eigenvalue weighted by molar-refractivity contribution is 0.306. The van der Waals surface area contributed by atoms with Crippen LogP contribution in [0.5, 0.6) is 0 Å². The maximum absolute atomic E-state index is 3.97. The highest BCUT2D eigenvalue weighted by atomic mass is 14.2. The Bertz CT molecular complexity index is 146. The number of hydrogen-bond donors (Lipinski definition) is 0. The topological polar surface area (TPSA) is 0 Å². The van der Waals surface area contributed by atoms with Gasteiger partial charge in [0, 0.05) is 0 Å². The van der Waals surface area contributed by atoms with Crippen LogP contribution in [0, 0.1) is 17.8 Å². The predicted octanol–water partition coefficient (Wildman–Crippen LogP) is 4.66. The van der Waals surface area contributed by atoms with Gasteiger partial charge in [-0.3, -0.25) is 0 Å². The van der Waals surface area contributed by atoms with Gasteiger partial charge in [-0.2, -0.15) is 0 Å². The number of rotatable bonds is 6. The summed E-state index contributed by atoms with van der Waals surface area (Å²) in [4.78, 5) is 0. The minimum absolute atomic E-state index is 0.807. The van der Waals surface area contributed by atoms with Crippen LogP contribution in [0.4, 0.5) is 0 Å². The lowest BCUT2D eigenvalue weighted by Crippen LogP contribution is -2.11. The van der Waals surface area contributed by atoms with Crippen molar-refractivity contribution in [1.82, 2.24) is 0 Å². The Balaban J connectivity index is 3.76. The molecular weight excluding hydrogens is 156 g/mol. The molecule has 0 aliphatic carbocycles. The molecule has 0 aliphatic heterocycles. The molecule has 3 unspecified atom stereocenters. The monoisotopic (exact) mass is 182 g/mol. The van der Waals surface area contributed by atoms with Crippen molar-refractivity contribution < 1.29 is 0 Å². The van der Waals surface area contributed by atoms with Crippen molar-refractivity contribution >= 4 is 0 Å². The first-order chi connectivity index (χ1) is 5.97. The molecule has 0 aromatic carbocycles. The molecule has 0 saturated carbocycles. The third kappa shape index (κ3) is 5.90. The van der Waals surface area contributed by atoms with Crippen LogP contribution < -0.4 is 0 Å². The van der Waals surface area contributed by atoms with Crippen molar-refractivity contribution in [3.63, 3.8) is 0 Å². The van der Waals surface area contributed by atoms with E-state index in [1.807, 2.05) is 0 Å². The van der Waals surface area contributed by atoms with Gasteiger partial charge < -0.3 is 0 Å². The van der Waals surface area contributed by atoms with Crippen molar-refractivity contribution in [3.05, 3.63) is 12.2 Å². The molecule has 0 heteroatoms. The molecule has 0 fully saturated rings. The van der Waals surface area contributed by atoms with Crippen LogP contribution >= 0.6 is 0 Å². The summed E-state index contributed by atoms with van der Waals surface area (Å²) >= 11 is 0. The van der Waals surface area contributed by atoms with Crippen molar-refractivity contribution in [3.8, 4) is 0 Å². The van der Waals surface area contributed by atoms with Crippen LogP contribution in [-0.4, -0.2) is 0 Å². The summed E-state index contributed by atoms with van der Waals surface area (Å²) in [6.45, 7) is 15.5. The van der Waals surface area contributed by atoms with Gasteiger partial charge in [0.05, 0.1) is 0 Å². The summed E-state index contributed by atoms with van der Waals surface area (Å²) < 4.78 is 0. The molecule has 0 spiro atoms. The maximum Gasteiger partial charge on any atom is -0.0300 e. The van der Waals surface area contributed by atoms with Crippen molar-refractivity contribution in [2.45, 2.75) is 53.9 Å². The lowest BCUT2D eigenvalue weighted by atomic mass is 9.84. The maximum atomic E-state index is 3.97. The Morgan fingerprint density at radius 1 is 1.15 bits per heavy atom. The Labute approximate surface area is 84.4 Å². The van der Waals surface area contributed by atoms with Crippen molar-refractivity contribution in [2.75, 3.05) is 0 Å². The highest BCUT2D eigenvalue weighted by Gasteiger charge is 2.13. The van der Waals surface area contributed by atoms with E-state index in [0.717, 1.165) is 17.8 Å². The molecule has 0 saturated heterocycles. The fraction of sp³-hybridized carbons (Fsp3) is 0.846. The fourth-order valence-electron chi connectivity index (χ4n) is 1.95. The van der Waals surface area contributed by atoms with E-state index in [0.29, 0.717) is 0 Å². The molecule has 0 N–H and O–H groups in total. The van der Waals surface area contributed by atoms with Gasteiger partial charge in [0.25, 0.3) is 0 Å². The first-order valence-corrected chi connectivity index (χ1v) is 5.61. The molecule has 0 nitrogen and oxygen atoms in total. The van der Waals surface area contributed by atoms with Crippen LogP contribution in [0.2, 0.25) is 0 Å². The van der Waals surface area contributed by atoms with Gasteiger partial charge in [0.15, 0.2) is 0 Å². The van der Waals surface area contributed by atoms with Gasteiger partial charge >= 0.3 is 0 Å². The molecule has 13 heavy (non-hydrogen) atoms. The highest BCUT2D eigenvalue weighted by molar-refractivity contribution is 4.89. The van der Waals surface area contributed by atoms with E-state index in [9.17, 15) is 0 Å². The average molecular weight is 182 g/mol. The minimum Gasteiger partial charge on any atom is -0.100 e. The molecule has 0 heterocycles. The van der Waals surface area contributed by atoms with Crippen LogP contribution in [0.25, 0.3) is 0 Å². The van der Waals surface area contributed by atoms with Gasteiger partial charge in [-0.05, 0) is 37.5 Å². The molecule has 0 amide bonds. The van der Waals surface area contributed by atoms with Gasteiger partial charge in [-0.15, -0.1) is 6.58 Å². The second-order valence-corrected chi connectivity index (χ2v) is 4.86. The first-order valence-electron chi connectivity index (χ1n) is 5.61. The molecule has 0 aromatic heterocycles. The highest BCUT2D eigenvalue weighted by Crippen LogP contribution is 2.25. The Morgan fingerprint density at radius 3 is 2.08 bits per heavy atom. The van der Waals surface area contributed by atoms with Crippen LogP contribution in [-0.2, 0) is 0 Å². The summed E-state index contributed by atoms with van der Waals surface area (Å²) in [7, 11) is 0. The average Bonchev–Trinajstić information content (AvgIpc) is 2.01. The molecule has 0 bridgehead atoms. The van der Waals surface area contributed by atoms with E-state index < -0.39 is 0 Å². The summed E-state index contributed by atoms with van der Waals surface area (Å²) in [5.41, 5.74) is 1.32. The zero-order valence-electron chi connectivity index (χ0n) is 10.1. The number of allylic oxidation sites excluding steroid dienone is 1. The van der Waals surface area contributed by atoms with Gasteiger partial charge in [-0.25, -0.2) is 0 Å². The van der Waals surface area contributed by atoms with Gasteiger partial charge in [-0.1, -0.05) is 39.7 Å². The van der Waals surface area contributed by atoms with E-state index in [-0.39, 0.29) is 0 Å². The molecule has 0 aromatic rings. The molecular formula is C13H26. The van der Waals surface area contributed by atoms with Crippen LogP contribution in [0.1, 0.15) is 53.9 Å². The van der Waals surface area contributed by atoms with E-state index in [1.54, 1.807) is 0 Å². The molecule has 3 atom stereocenters. The Hall–Kier alpha value is -0.260. The Kier molecular flexibility index (Phi) is 6.11. The van der Waals surface area contributed by atoms with Crippen LogP contribution in [0.3, 0.4) is 0 Å². The molecule has 0 radical (unpaired) electrons. The summed E-state index contributed by atoms with van der Waals surface area (Å²) in [5.74, 6) is 2.54. The standard InChI is InChI=1S/C13H26/c1-7-12(5)13(6)9-11(4)8-10(2)3/h11-13H,2,7-9H2,1,3-6H3. The largest absolute Gasteiger partial charge is 0.100 e. The third-order valence-corrected chi connectivity index (χ3v) is 3.09. The van der Waals surface area contributed by atoms with E-state index >= 15 is 0 Å². The second-order valence-electron chi connectivity index (χ2n) is 4.86. The van der Waals surface area contributed by atoms with E-state index in [2.05, 4.69) is 41.2 Å². The van der Waals surface area contributed by atoms with E-state index in [1.165, 1.54) is 24.8 Å². The lowest BCUT2D eigenvalue weighted by Gasteiger charge is -2.22. The minimum atomic E-state index is 0.807. The Morgan fingerprint density at radius 2 is 1.69 bits per heavy atom. The summed E-state index contributed by atoms with van der Waals surface area (Å²) in [6.07, 6.45) is 3.85. The summed E-state index contributed by atoms with van der Waals surface area (Å²) in [6, 6.07) is 0. The fourth-order valence-corrected chi connectivity index (χ4v) is 1.95. The van der Waals surface area contributed by atoms with E-state index in [4.69, 9.17) is 0 Å². The molecule has 0 rings (SSSR count). The SMILES string of the molecule is C=C(C)CC(C)CC(C)C(C)CC. The summed E-state index contributed by atoms with van der Waals surface area (Å²) in [5, 5.41) is 0. The first kappa shape index (κ1) is 12.7. The molecule has 78 valence electrons. The normalized spacial score (nSPS) is 17.9. The van der Waals surface area contributed by atoms with Crippen LogP contribution in [0.15, 0.2) is 12.2 Å². The number of hydrogen-bond acceptors (Lipinski definition) is 0. The quantitative estimate of drug-likeness (QED) is 0.524. The van der Waals surface area contributed by atoms with Gasteiger partial charge in [0.2, 0.25) is 0 Å². The molecule has 0 aliphatic rings. The zero-order valence-corrected chi connectivity index (χ0v) is 10.1. The van der Waals surface area contributed by atoms with Gasteiger partial charge in [0.1, 0.15) is 0 Å². The second kappa shape index (κ2) is 6.23. The van der Waals surface area contributed by atoms with Crippen molar-refractivity contribution in [1.29, 1.82) is 0 Å². The van der Waals surface area contributed by atoms with Crippen molar-refractivity contribution in [2.24, 2.45) is 17.8 Å². The smallest absolute Gasteiger partial charge is 0.0300 e. The zero-order chi connectivity index (χ0) is 10.4.